The van der Waals surface area contributed by atoms with Gasteiger partial charge in [0.25, 0.3) is 11.8 Å². The summed E-state index contributed by atoms with van der Waals surface area (Å²) in [6, 6.07) is 12.7. The van der Waals surface area contributed by atoms with Crippen LogP contribution in [0.25, 0.3) is 11.5 Å². The van der Waals surface area contributed by atoms with Crippen LogP contribution >= 0.6 is 11.6 Å². The van der Waals surface area contributed by atoms with Gasteiger partial charge in [-0.2, -0.15) is 4.98 Å². The van der Waals surface area contributed by atoms with E-state index >= 15 is 0 Å². The lowest BCUT2D eigenvalue weighted by Crippen LogP contribution is -2.48. The molecule has 1 amide bonds. The van der Waals surface area contributed by atoms with E-state index in [1.54, 1.807) is 24.3 Å². The van der Waals surface area contributed by atoms with Gasteiger partial charge in [0.2, 0.25) is 6.79 Å². The second-order valence-corrected chi connectivity index (χ2v) is 7.54. The molecule has 3 aromatic rings. The molecule has 2 aliphatic heterocycles. The fraction of sp³-hybridized carbons (Fsp3) is 0.286. The van der Waals surface area contributed by atoms with E-state index in [1.807, 2.05) is 23.1 Å². The average molecular weight is 427 g/mol. The third-order valence-corrected chi connectivity index (χ3v) is 5.55. The van der Waals surface area contributed by atoms with Gasteiger partial charge < -0.3 is 18.9 Å². The summed E-state index contributed by atoms with van der Waals surface area (Å²) in [6.07, 6.45) is 0. The molecular weight excluding hydrogens is 408 g/mol. The first-order valence-corrected chi connectivity index (χ1v) is 10.0. The molecule has 154 valence electrons. The molecular formula is C21H19ClN4O4. The van der Waals surface area contributed by atoms with Crippen LogP contribution in [0.5, 0.6) is 11.5 Å². The first-order chi connectivity index (χ1) is 14.7. The van der Waals surface area contributed by atoms with Crippen molar-refractivity contribution in [3.05, 3.63) is 58.9 Å². The number of rotatable bonds is 4. The van der Waals surface area contributed by atoms with Gasteiger partial charge in [-0.05, 0) is 30.3 Å². The fourth-order valence-electron chi connectivity index (χ4n) is 3.58. The number of carbonyl (C=O) groups excluding carboxylic acids is 1. The summed E-state index contributed by atoms with van der Waals surface area (Å²) < 4.78 is 16.0. The topological polar surface area (TPSA) is 80.9 Å². The Morgan fingerprint density at radius 1 is 1.03 bits per heavy atom. The molecule has 2 aliphatic rings. The summed E-state index contributed by atoms with van der Waals surface area (Å²) >= 11 is 6.20. The largest absolute Gasteiger partial charge is 0.454 e. The van der Waals surface area contributed by atoms with Crippen LogP contribution in [0.1, 0.15) is 16.2 Å². The zero-order chi connectivity index (χ0) is 20.5. The minimum absolute atomic E-state index is 0.00600. The number of halogens is 1. The third-order valence-electron chi connectivity index (χ3n) is 5.22. The summed E-state index contributed by atoms with van der Waals surface area (Å²) in [5.41, 5.74) is 1.33. The standard InChI is InChI=1S/C21H19ClN4O4/c22-16-4-2-1-3-15(16)20-23-19(24-30-20)12-25-7-9-26(10-8-25)21(27)14-5-6-17-18(11-14)29-13-28-17/h1-6,11H,7-10,12-13H2. The normalized spacial score (nSPS) is 16.1. The fourth-order valence-corrected chi connectivity index (χ4v) is 3.80. The number of ether oxygens (including phenoxy) is 2. The SMILES string of the molecule is O=C(c1ccc2c(c1)OCO2)N1CCN(Cc2noc(-c3ccccc3Cl)n2)CC1. The molecule has 0 spiro atoms. The van der Waals surface area contributed by atoms with Gasteiger partial charge in [0.15, 0.2) is 17.3 Å². The number of piperazine rings is 1. The third kappa shape index (κ3) is 3.71. The molecule has 9 heteroatoms. The van der Waals surface area contributed by atoms with E-state index in [9.17, 15) is 4.79 Å². The lowest BCUT2D eigenvalue weighted by molar-refractivity contribution is 0.0624. The number of carbonyl (C=O) groups is 1. The second kappa shape index (κ2) is 7.97. The number of amides is 1. The van der Waals surface area contributed by atoms with Crippen LogP contribution in [-0.2, 0) is 6.54 Å². The molecule has 0 saturated carbocycles. The first-order valence-electron chi connectivity index (χ1n) is 9.66. The Labute approximate surface area is 177 Å². The first kappa shape index (κ1) is 18.9. The molecule has 1 saturated heterocycles. The number of benzene rings is 2. The summed E-state index contributed by atoms with van der Waals surface area (Å²) in [5, 5.41) is 4.64. The molecule has 1 fully saturated rings. The monoisotopic (exact) mass is 426 g/mol. The highest BCUT2D eigenvalue weighted by Crippen LogP contribution is 2.33. The molecule has 0 atom stereocenters. The molecule has 30 heavy (non-hydrogen) atoms. The molecule has 1 aromatic heterocycles. The molecule has 2 aromatic carbocycles. The van der Waals surface area contributed by atoms with Gasteiger partial charge in [0.05, 0.1) is 17.1 Å². The molecule has 0 aliphatic carbocycles. The van der Waals surface area contributed by atoms with E-state index in [1.165, 1.54) is 0 Å². The smallest absolute Gasteiger partial charge is 0.259 e. The van der Waals surface area contributed by atoms with Crippen LogP contribution in [0.3, 0.4) is 0 Å². The molecule has 3 heterocycles. The lowest BCUT2D eigenvalue weighted by atomic mass is 10.1. The van der Waals surface area contributed by atoms with Gasteiger partial charge >= 0.3 is 0 Å². The maximum absolute atomic E-state index is 12.8. The van der Waals surface area contributed by atoms with Gasteiger partial charge in [-0.25, -0.2) is 0 Å². The van der Waals surface area contributed by atoms with Crippen molar-refractivity contribution in [3.8, 4) is 23.0 Å². The highest BCUT2D eigenvalue weighted by atomic mass is 35.5. The van der Waals surface area contributed by atoms with Crippen molar-refractivity contribution in [2.24, 2.45) is 0 Å². The molecule has 5 rings (SSSR count). The van der Waals surface area contributed by atoms with Crippen molar-refractivity contribution >= 4 is 17.5 Å². The zero-order valence-electron chi connectivity index (χ0n) is 16.1. The van der Waals surface area contributed by atoms with Crippen LogP contribution in [-0.4, -0.2) is 58.8 Å². The van der Waals surface area contributed by atoms with E-state index in [-0.39, 0.29) is 12.7 Å². The Balaban J connectivity index is 1.19. The van der Waals surface area contributed by atoms with Gasteiger partial charge in [-0.3, -0.25) is 9.69 Å². The number of aromatic nitrogens is 2. The predicted molar refractivity (Wildman–Crippen MR) is 108 cm³/mol. The number of hydrogen-bond donors (Lipinski definition) is 0. The van der Waals surface area contributed by atoms with Crippen molar-refractivity contribution in [3.63, 3.8) is 0 Å². The lowest BCUT2D eigenvalue weighted by Gasteiger charge is -2.34. The minimum Gasteiger partial charge on any atom is -0.454 e. The number of hydrogen-bond acceptors (Lipinski definition) is 7. The van der Waals surface area contributed by atoms with E-state index in [0.29, 0.717) is 53.4 Å². The molecule has 8 nitrogen and oxygen atoms in total. The Hall–Kier alpha value is -3.10. The van der Waals surface area contributed by atoms with Crippen LogP contribution in [0.2, 0.25) is 5.02 Å². The molecule has 0 unspecified atom stereocenters. The molecule has 0 radical (unpaired) electrons. The Kier molecular flexibility index (Phi) is 5.02. The summed E-state index contributed by atoms with van der Waals surface area (Å²) in [5.74, 6) is 2.29. The van der Waals surface area contributed by atoms with Crippen LogP contribution < -0.4 is 9.47 Å². The zero-order valence-corrected chi connectivity index (χ0v) is 16.8. The predicted octanol–water partition coefficient (Wildman–Crippen LogP) is 3.08. The Morgan fingerprint density at radius 3 is 2.67 bits per heavy atom. The van der Waals surface area contributed by atoms with Crippen LogP contribution in [0.15, 0.2) is 47.0 Å². The maximum Gasteiger partial charge on any atom is 0.259 e. The van der Waals surface area contributed by atoms with E-state index in [0.717, 1.165) is 18.7 Å². The van der Waals surface area contributed by atoms with Crippen molar-refractivity contribution in [1.82, 2.24) is 19.9 Å². The Bertz CT molecular complexity index is 1080. The quantitative estimate of drug-likeness (QED) is 0.634. The average Bonchev–Trinajstić information content (AvgIpc) is 3.43. The number of nitrogens with zero attached hydrogens (tertiary/aromatic N) is 4. The van der Waals surface area contributed by atoms with Crippen molar-refractivity contribution in [2.45, 2.75) is 6.54 Å². The molecule has 0 N–H and O–H groups in total. The van der Waals surface area contributed by atoms with E-state index in [4.69, 9.17) is 25.6 Å². The van der Waals surface area contributed by atoms with E-state index in [2.05, 4.69) is 15.0 Å². The van der Waals surface area contributed by atoms with E-state index < -0.39 is 0 Å². The van der Waals surface area contributed by atoms with Crippen molar-refractivity contribution in [1.29, 1.82) is 0 Å². The van der Waals surface area contributed by atoms with Crippen LogP contribution in [0.4, 0.5) is 0 Å². The van der Waals surface area contributed by atoms with Gasteiger partial charge in [0.1, 0.15) is 0 Å². The second-order valence-electron chi connectivity index (χ2n) is 7.13. The Morgan fingerprint density at radius 2 is 1.83 bits per heavy atom. The number of fused-ring (bicyclic) bond motifs is 1. The highest BCUT2D eigenvalue weighted by molar-refractivity contribution is 6.33. The van der Waals surface area contributed by atoms with Gasteiger partial charge in [-0.15, -0.1) is 0 Å². The van der Waals surface area contributed by atoms with Crippen molar-refractivity contribution < 1.29 is 18.8 Å². The summed E-state index contributed by atoms with van der Waals surface area (Å²) in [7, 11) is 0. The van der Waals surface area contributed by atoms with Gasteiger partial charge in [-0.1, -0.05) is 28.9 Å². The van der Waals surface area contributed by atoms with Crippen molar-refractivity contribution in [2.75, 3.05) is 33.0 Å². The highest BCUT2D eigenvalue weighted by Gasteiger charge is 2.25. The minimum atomic E-state index is -0.00600. The maximum atomic E-state index is 12.8. The summed E-state index contributed by atoms with van der Waals surface area (Å²) in [6.45, 7) is 3.46. The molecule has 0 bridgehead atoms. The summed E-state index contributed by atoms with van der Waals surface area (Å²) in [4.78, 5) is 21.3. The van der Waals surface area contributed by atoms with Crippen LogP contribution in [0, 0.1) is 0 Å². The van der Waals surface area contributed by atoms with Gasteiger partial charge in [0, 0.05) is 31.7 Å².